The van der Waals surface area contributed by atoms with Crippen LogP contribution in [-0.2, 0) is 0 Å². The predicted molar refractivity (Wildman–Crippen MR) is 92.4 cm³/mol. The third kappa shape index (κ3) is 9.77. The lowest BCUT2D eigenvalue weighted by Crippen LogP contribution is -2.48. The van der Waals surface area contributed by atoms with Crippen molar-refractivity contribution in [1.29, 1.82) is 0 Å². The molecule has 1 saturated heterocycles. The van der Waals surface area contributed by atoms with Gasteiger partial charge in [-0.2, -0.15) is 0 Å². The van der Waals surface area contributed by atoms with Gasteiger partial charge in [0.1, 0.15) is 0 Å². The number of hydrogen-bond donors (Lipinski definition) is 0. The van der Waals surface area contributed by atoms with Gasteiger partial charge in [0.25, 0.3) is 0 Å². The van der Waals surface area contributed by atoms with Gasteiger partial charge in [0.2, 0.25) is 0 Å². The van der Waals surface area contributed by atoms with Crippen molar-refractivity contribution < 1.29 is 0 Å². The fourth-order valence-corrected chi connectivity index (χ4v) is 2.74. The molecule has 1 rings (SSSR count). The Bertz CT molecular complexity index is 194. The third-order valence-corrected chi connectivity index (χ3v) is 4.14. The highest BCUT2D eigenvalue weighted by Crippen LogP contribution is 2.11. The first kappa shape index (κ1) is 19.9. The van der Waals surface area contributed by atoms with Crippen molar-refractivity contribution in [2.75, 3.05) is 32.7 Å². The van der Waals surface area contributed by atoms with Crippen LogP contribution in [0.25, 0.3) is 0 Å². The van der Waals surface area contributed by atoms with Crippen LogP contribution in [0, 0.1) is 5.92 Å². The Hall–Kier alpha value is -0.0800. The van der Waals surface area contributed by atoms with Crippen LogP contribution in [0.1, 0.15) is 73.6 Å². The van der Waals surface area contributed by atoms with Crippen LogP contribution in [-0.4, -0.2) is 48.6 Å². The van der Waals surface area contributed by atoms with Gasteiger partial charge in [0, 0.05) is 32.2 Å². The van der Waals surface area contributed by atoms with Gasteiger partial charge in [-0.3, -0.25) is 4.90 Å². The summed E-state index contributed by atoms with van der Waals surface area (Å²) in [7, 11) is 0. The minimum atomic E-state index is 0.725. The van der Waals surface area contributed by atoms with Crippen LogP contribution in [0.5, 0.6) is 0 Å². The zero-order valence-electron chi connectivity index (χ0n) is 15.1. The Morgan fingerprint density at radius 3 is 1.80 bits per heavy atom. The van der Waals surface area contributed by atoms with Crippen LogP contribution < -0.4 is 0 Å². The molecule has 0 radical (unpaired) electrons. The molecular formula is C18H40N2. The van der Waals surface area contributed by atoms with E-state index in [2.05, 4.69) is 37.5 Å². The average Bonchev–Trinajstić information content (AvgIpc) is 2.45. The lowest BCUT2D eigenvalue weighted by Gasteiger charge is -2.36. The smallest absolute Gasteiger partial charge is 0.0113 e. The highest BCUT2D eigenvalue weighted by Gasteiger charge is 2.17. The van der Waals surface area contributed by atoms with E-state index < -0.39 is 0 Å². The molecule has 1 aliphatic heterocycles. The predicted octanol–water partition coefficient (Wildman–Crippen LogP) is 4.65. The quantitative estimate of drug-likeness (QED) is 0.599. The molecule has 20 heavy (non-hydrogen) atoms. The molecule has 2 heteroatoms. The summed E-state index contributed by atoms with van der Waals surface area (Å²) in [6.07, 6.45) is 7.10. The Kier molecular flexibility index (Phi) is 12.6. The molecule has 0 unspecified atom stereocenters. The van der Waals surface area contributed by atoms with E-state index in [9.17, 15) is 0 Å². The van der Waals surface area contributed by atoms with Crippen molar-refractivity contribution in [2.45, 2.75) is 79.7 Å². The molecule has 2 nitrogen and oxygen atoms in total. The van der Waals surface area contributed by atoms with E-state index in [1.165, 1.54) is 64.8 Å². The average molecular weight is 285 g/mol. The third-order valence-electron chi connectivity index (χ3n) is 4.14. The number of hydrogen-bond acceptors (Lipinski definition) is 2. The molecule has 1 fully saturated rings. The Morgan fingerprint density at radius 1 is 0.750 bits per heavy atom. The van der Waals surface area contributed by atoms with Gasteiger partial charge in [-0.25, -0.2) is 0 Å². The molecule has 122 valence electrons. The Balaban J connectivity index is 0.00000172. The molecular weight excluding hydrogens is 244 g/mol. The molecule has 0 amide bonds. The van der Waals surface area contributed by atoms with Gasteiger partial charge in [-0.1, -0.05) is 53.4 Å². The molecule has 0 atom stereocenters. The van der Waals surface area contributed by atoms with E-state index in [0.29, 0.717) is 0 Å². The van der Waals surface area contributed by atoms with Crippen LogP contribution >= 0.6 is 0 Å². The number of piperazine rings is 1. The maximum atomic E-state index is 2.65. The summed E-state index contributed by atoms with van der Waals surface area (Å²) in [6.45, 7) is 19.7. The van der Waals surface area contributed by atoms with Crippen molar-refractivity contribution in [1.82, 2.24) is 9.80 Å². The van der Waals surface area contributed by atoms with Crippen LogP contribution in [0.3, 0.4) is 0 Å². The van der Waals surface area contributed by atoms with Gasteiger partial charge in [0.05, 0.1) is 0 Å². The van der Waals surface area contributed by atoms with Crippen LogP contribution in [0.4, 0.5) is 0 Å². The molecule has 1 aliphatic rings. The summed E-state index contributed by atoms with van der Waals surface area (Å²) in [4.78, 5) is 5.25. The first-order chi connectivity index (χ1) is 9.59. The van der Waals surface area contributed by atoms with E-state index in [-0.39, 0.29) is 0 Å². The fourth-order valence-electron chi connectivity index (χ4n) is 2.74. The zero-order valence-corrected chi connectivity index (χ0v) is 15.1. The summed E-state index contributed by atoms with van der Waals surface area (Å²) in [5.74, 6) is 0.883. The van der Waals surface area contributed by atoms with E-state index in [0.717, 1.165) is 12.0 Å². The molecule has 0 N–H and O–H groups in total. The second-order valence-electron chi connectivity index (χ2n) is 6.57. The molecule has 0 aromatic carbocycles. The van der Waals surface area contributed by atoms with Gasteiger partial charge in [-0.15, -0.1) is 0 Å². The van der Waals surface area contributed by atoms with Gasteiger partial charge >= 0.3 is 0 Å². The summed E-state index contributed by atoms with van der Waals surface area (Å²) in [5, 5.41) is 0. The van der Waals surface area contributed by atoms with E-state index in [1.54, 1.807) is 0 Å². The molecule has 0 aromatic heterocycles. The van der Waals surface area contributed by atoms with Gasteiger partial charge < -0.3 is 4.90 Å². The molecule has 1 heterocycles. The monoisotopic (exact) mass is 284 g/mol. The van der Waals surface area contributed by atoms with Crippen molar-refractivity contribution >= 4 is 0 Å². The first-order valence-electron chi connectivity index (χ1n) is 9.06. The summed E-state index contributed by atoms with van der Waals surface area (Å²) in [5.41, 5.74) is 0. The molecule has 0 saturated carbocycles. The molecule has 0 bridgehead atoms. The van der Waals surface area contributed by atoms with Crippen molar-refractivity contribution in [2.24, 2.45) is 5.92 Å². The summed E-state index contributed by atoms with van der Waals surface area (Å²) >= 11 is 0. The van der Waals surface area contributed by atoms with Crippen molar-refractivity contribution in [3.05, 3.63) is 0 Å². The second kappa shape index (κ2) is 12.6. The van der Waals surface area contributed by atoms with Crippen molar-refractivity contribution in [3.63, 3.8) is 0 Å². The lowest BCUT2D eigenvalue weighted by atomic mass is 10.0. The number of rotatable bonds is 8. The lowest BCUT2D eigenvalue weighted by molar-refractivity contribution is 0.107. The number of unbranched alkanes of at least 4 members (excludes halogenated alkanes) is 3. The minimum Gasteiger partial charge on any atom is -0.301 e. The highest BCUT2D eigenvalue weighted by molar-refractivity contribution is 4.73. The van der Waals surface area contributed by atoms with E-state index >= 15 is 0 Å². The SMILES string of the molecule is CC.CC(C)CCCCCCN1CCN(C(C)C)CC1. The summed E-state index contributed by atoms with van der Waals surface area (Å²) < 4.78 is 0. The molecule has 0 aliphatic carbocycles. The maximum absolute atomic E-state index is 2.65. The molecule has 0 aromatic rings. The Labute approximate surface area is 128 Å². The molecule has 0 spiro atoms. The second-order valence-corrected chi connectivity index (χ2v) is 6.57. The topological polar surface area (TPSA) is 6.48 Å². The van der Waals surface area contributed by atoms with Crippen LogP contribution in [0.15, 0.2) is 0 Å². The van der Waals surface area contributed by atoms with Gasteiger partial charge in [0.15, 0.2) is 0 Å². The number of nitrogens with zero attached hydrogens (tertiary/aromatic N) is 2. The largest absolute Gasteiger partial charge is 0.301 e. The van der Waals surface area contributed by atoms with E-state index in [1.807, 2.05) is 13.8 Å². The first-order valence-corrected chi connectivity index (χ1v) is 9.06. The van der Waals surface area contributed by atoms with Crippen molar-refractivity contribution in [3.8, 4) is 0 Å². The normalized spacial score (nSPS) is 17.4. The zero-order chi connectivity index (χ0) is 15.4. The highest BCUT2D eigenvalue weighted by atomic mass is 15.3. The minimum absolute atomic E-state index is 0.725. The van der Waals surface area contributed by atoms with Crippen LogP contribution in [0.2, 0.25) is 0 Å². The fraction of sp³-hybridized carbons (Fsp3) is 1.00. The van der Waals surface area contributed by atoms with Gasteiger partial charge in [-0.05, 0) is 32.7 Å². The Morgan fingerprint density at radius 2 is 1.30 bits per heavy atom. The van der Waals surface area contributed by atoms with E-state index in [4.69, 9.17) is 0 Å². The maximum Gasteiger partial charge on any atom is 0.0113 e. The summed E-state index contributed by atoms with van der Waals surface area (Å²) in [6, 6.07) is 0.725. The standard InChI is InChI=1S/C16H34N2.C2H6/c1-15(2)9-7-5-6-8-10-17-11-13-18(14-12-17)16(3)4;1-2/h15-16H,5-14H2,1-4H3;1-2H3.